The van der Waals surface area contributed by atoms with Crippen molar-refractivity contribution in [1.29, 1.82) is 0 Å². The number of hydrogen-bond donors (Lipinski definition) is 0. The summed E-state index contributed by atoms with van der Waals surface area (Å²) in [5.74, 6) is 0.815. The molecule has 0 N–H and O–H groups in total. The lowest BCUT2D eigenvalue weighted by Crippen LogP contribution is -2.32. The lowest BCUT2D eigenvalue weighted by molar-refractivity contribution is -0.129. The maximum Gasteiger partial charge on any atom is 0.227 e. The zero-order valence-corrected chi connectivity index (χ0v) is 14.4. The van der Waals surface area contributed by atoms with E-state index in [4.69, 9.17) is 4.74 Å². The van der Waals surface area contributed by atoms with Crippen LogP contribution in [-0.2, 0) is 11.2 Å². The number of carbonyl (C=O) groups excluding carboxylic acids is 1. The van der Waals surface area contributed by atoms with Crippen LogP contribution in [0, 0.1) is 5.82 Å². The number of ether oxygens (including phenoxy) is 1. The molecule has 1 atom stereocenters. The fraction of sp³-hybridized carbons (Fsp3) is 0.389. The van der Waals surface area contributed by atoms with Gasteiger partial charge in [-0.1, -0.05) is 18.2 Å². The van der Waals surface area contributed by atoms with Crippen molar-refractivity contribution in [3.63, 3.8) is 0 Å². The summed E-state index contributed by atoms with van der Waals surface area (Å²) in [6.07, 6.45) is 2.14. The molecule has 1 saturated heterocycles. The first-order valence-corrected chi connectivity index (χ1v) is 8.20. The van der Waals surface area contributed by atoms with Crippen LogP contribution in [0.2, 0.25) is 0 Å². The normalized spacial score (nSPS) is 16.8. The zero-order valence-electron chi connectivity index (χ0n) is 14.4. The number of carbonyl (C=O) groups is 1. The molecule has 2 aromatic rings. The molecular formula is C18H21FN4O2. The maximum atomic E-state index is 13.7. The predicted octanol–water partition coefficient (Wildman–Crippen LogP) is 1.90. The Hall–Kier alpha value is -2.70. The monoisotopic (exact) mass is 344 g/mol. The molecule has 25 heavy (non-hydrogen) atoms. The number of aromatic nitrogens is 2. The van der Waals surface area contributed by atoms with Crippen molar-refractivity contribution in [2.75, 3.05) is 32.1 Å². The van der Waals surface area contributed by atoms with Gasteiger partial charge in [-0.25, -0.2) is 14.4 Å². The summed E-state index contributed by atoms with van der Waals surface area (Å²) in [6, 6.07) is 8.13. The highest BCUT2D eigenvalue weighted by molar-refractivity contribution is 5.79. The molecule has 0 aliphatic carbocycles. The van der Waals surface area contributed by atoms with E-state index >= 15 is 0 Å². The van der Waals surface area contributed by atoms with Crippen molar-refractivity contribution >= 4 is 11.7 Å². The quantitative estimate of drug-likeness (QED) is 0.829. The zero-order chi connectivity index (χ0) is 17.8. The minimum atomic E-state index is -0.347. The summed E-state index contributed by atoms with van der Waals surface area (Å²) in [7, 11) is 3.79. The average molecular weight is 344 g/mol. The van der Waals surface area contributed by atoms with Crippen LogP contribution in [0.15, 0.2) is 36.7 Å². The van der Waals surface area contributed by atoms with Crippen molar-refractivity contribution in [2.45, 2.75) is 18.9 Å². The van der Waals surface area contributed by atoms with Gasteiger partial charge in [0.15, 0.2) is 0 Å². The van der Waals surface area contributed by atoms with Crippen molar-refractivity contribution in [3.8, 4) is 5.88 Å². The van der Waals surface area contributed by atoms with Crippen molar-refractivity contribution < 1.29 is 13.9 Å². The summed E-state index contributed by atoms with van der Waals surface area (Å²) < 4.78 is 19.6. The van der Waals surface area contributed by atoms with Crippen molar-refractivity contribution in [2.24, 2.45) is 0 Å². The van der Waals surface area contributed by atoms with Gasteiger partial charge < -0.3 is 14.5 Å². The number of amides is 1. The molecule has 1 aromatic carbocycles. The lowest BCUT2D eigenvalue weighted by atomic mass is 10.1. The molecule has 0 unspecified atom stereocenters. The van der Waals surface area contributed by atoms with Crippen LogP contribution in [0.3, 0.4) is 0 Å². The van der Waals surface area contributed by atoms with E-state index in [0.29, 0.717) is 24.5 Å². The van der Waals surface area contributed by atoms with Crippen LogP contribution in [0.5, 0.6) is 5.88 Å². The highest BCUT2D eigenvalue weighted by Gasteiger charge is 2.28. The smallest absolute Gasteiger partial charge is 0.227 e. The van der Waals surface area contributed by atoms with Gasteiger partial charge in [-0.15, -0.1) is 0 Å². The molecule has 3 rings (SSSR count). The van der Waals surface area contributed by atoms with Gasteiger partial charge in [-0.3, -0.25) is 4.79 Å². The highest BCUT2D eigenvalue weighted by Crippen LogP contribution is 2.20. The molecule has 1 fully saturated rings. The molecule has 2 heterocycles. The number of hydrogen-bond acceptors (Lipinski definition) is 5. The summed E-state index contributed by atoms with van der Waals surface area (Å²) in [5, 5.41) is 0. The van der Waals surface area contributed by atoms with E-state index in [1.54, 1.807) is 29.2 Å². The summed E-state index contributed by atoms with van der Waals surface area (Å²) in [6.45, 7) is 1.08. The first-order chi connectivity index (χ1) is 12.0. The largest absolute Gasteiger partial charge is 0.472 e. The summed E-state index contributed by atoms with van der Waals surface area (Å²) in [5.41, 5.74) is 0.420. The number of rotatable bonds is 5. The Bertz CT molecular complexity index is 753. The second-order valence-corrected chi connectivity index (χ2v) is 6.25. The first-order valence-electron chi connectivity index (χ1n) is 8.20. The van der Waals surface area contributed by atoms with E-state index in [2.05, 4.69) is 9.97 Å². The third-order valence-electron chi connectivity index (χ3n) is 4.17. The van der Waals surface area contributed by atoms with Crippen LogP contribution < -0.4 is 9.64 Å². The number of likely N-dealkylation sites (tertiary alicyclic amines) is 1. The van der Waals surface area contributed by atoms with Gasteiger partial charge in [0.25, 0.3) is 0 Å². The van der Waals surface area contributed by atoms with E-state index in [9.17, 15) is 9.18 Å². The predicted molar refractivity (Wildman–Crippen MR) is 92.1 cm³/mol. The second-order valence-electron chi connectivity index (χ2n) is 6.25. The number of halogens is 1. The lowest BCUT2D eigenvalue weighted by Gasteiger charge is -2.18. The molecule has 0 spiro atoms. The van der Waals surface area contributed by atoms with Gasteiger partial charge in [0.05, 0.1) is 13.0 Å². The van der Waals surface area contributed by atoms with Crippen LogP contribution >= 0.6 is 0 Å². The molecule has 1 aliphatic rings. The summed E-state index contributed by atoms with van der Waals surface area (Å²) >= 11 is 0. The van der Waals surface area contributed by atoms with E-state index in [1.807, 2.05) is 19.0 Å². The topological polar surface area (TPSA) is 58.6 Å². The first kappa shape index (κ1) is 17.1. The molecular weight excluding hydrogens is 323 g/mol. The minimum absolute atomic E-state index is 0.0671. The maximum absolute atomic E-state index is 13.7. The fourth-order valence-corrected chi connectivity index (χ4v) is 2.78. The van der Waals surface area contributed by atoms with Gasteiger partial charge in [0, 0.05) is 33.1 Å². The molecule has 7 heteroatoms. The molecule has 1 amide bonds. The van der Waals surface area contributed by atoms with Gasteiger partial charge in [-0.05, 0) is 11.6 Å². The summed E-state index contributed by atoms with van der Waals surface area (Å²) in [4.78, 5) is 24.2. The molecule has 132 valence electrons. The molecule has 1 aliphatic heterocycles. The Labute approximate surface area is 146 Å². The number of nitrogens with zero attached hydrogens (tertiary/aromatic N) is 4. The Kier molecular flexibility index (Phi) is 5.11. The van der Waals surface area contributed by atoms with Crippen LogP contribution in [-0.4, -0.2) is 54.1 Å². The van der Waals surface area contributed by atoms with Crippen molar-refractivity contribution in [3.05, 3.63) is 48.0 Å². The Morgan fingerprint density at radius 1 is 1.36 bits per heavy atom. The SMILES string of the molecule is CN(C)c1cc(O[C@H]2CCN(C(=O)Cc3ccccc3F)C2)ncn1. The Morgan fingerprint density at radius 3 is 2.92 bits per heavy atom. The van der Waals surface area contributed by atoms with Gasteiger partial charge in [-0.2, -0.15) is 0 Å². The number of anilines is 1. The Morgan fingerprint density at radius 2 is 2.16 bits per heavy atom. The molecule has 1 aromatic heterocycles. The standard InChI is InChI=1S/C18H21FN4O2/c1-22(2)16-10-17(21-12-20-16)25-14-7-8-23(11-14)18(24)9-13-5-3-4-6-15(13)19/h3-6,10,12,14H,7-9,11H2,1-2H3/t14-/m0/s1. The third-order valence-corrected chi connectivity index (χ3v) is 4.17. The van der Waals surface area contributed by atoms with Crippen molar-refractivity contribution in [1.82, 2.24) is 14.9 Å². The molecule has 0 radical (unpaired) electrons. The second kappa shape index (κ2) is 7.46. The van der Waals surface area contributed by atoms with Gasteiger partial charge in [0.1, 0.15) is 24.1 Å². The van der Waals surface area contributed by atoms with Gasteiger partial charge in [0.2, 0.25) is 11.8 Å². The van der Waals surface area contributed by atoms with Crippen LogP contribution in [0.4, 0.5) is 10.2 Å². The fourth-order valence-electron chi connectivity index (χ4n) is 2.78. The molecule has 0 bridgehead atoms. The van der Waals surface area contributed by atoms with Gasteiger partial charge >= 0.3 is 0 Å². The van der Waals surface area contributed by atoms with Crippen LogP contribution in [0.1, 0.15) is 12.0 Å². The van der Waals surface area contributed by atoms with E-state index in [1.165, 1.54) is 12.4 Å². The average Bonchev–Trinajstić information content (AvgIpc) is 3.06. The highest BCUT2D eigenvalue weighted by atomic mass is 19.1. The van der Waals surface area contributed by atoms with E-state index in [0.717, 1.165) is 12.2 Å². The van der Waals surface area contributed by atoms with E-state index in [-0.39, 0.29) is 24.2 Å². The van der Waals surface area contributed by atoms with E-state index < -0.39 is 0 Å². The number of benzene rings is 1. The van der Waals surface area contributed by atoms with Crippen LogP contribution in [0.25, 0.3) is 0 Å². The molecule has 0 saturated carbocycles. The minimum Gasteiger partial charge on any atom is -0.472 e. The molecule has 6 nitrogen and oxygen atoms in total. The third kappa shape index (κ3) is 4.23. The Balaban J connectivity index is 1.57.